The van der Waals surface area contributed by atoms with E-state index in [1.165, 1.54) is 21.3 Å². The zero-order chi connectivity index (χ0) is 15.4. The SMILES string of the molecule is C=CCOc1cc(OC)c2c(OC)c(OC)c(=O)oc2c1. The molecular formula is C15H16O6. The van der Waals surface area contributed by atoms with Gasteiger partial charge in [0.15, 0.2) is 5.75 Å². The second-order valence-electron chi connectivity index (χ2n) is 4.05. The van der Waals surface area contributed by atoms with Gasteiger partial charge in [0.05, 0.1) is 21.3 Å². The van der Waals surface area contributed by atoms with Crippen LogP contribution in [0.25, 0.3) is 11.0 Å². The Morgan fingerprint density at radius 3 is 2.43 bits per heavy atom. The molecule has 1 aromatic heterocycles. The van der Waals surface area contributed by atoms with Crippen LogP contribution in [0.15, 0.2) is 34.0 Å². The molecule has 1 heterocycles. The lowest BCUT2D eigenvalue weighted by Gasteiger charge is -2.13. The molecule has 0 atom stereocenters. The van der Waals surface area contributed by atoms with E-state index < -0.39 is 5.63 Å². The molecule has 0 bridgehead atoms. The fraction of sp³-hybridized carbons (Fsp3) is 0.267. The van der Waals surface area contributed by atoms with Crippen molar-refractivity contribution >= 4 is 11.0 Å². The molecule has 112 valence electrons. The van der Waals surface area contributed by atoms with E-state index in [2.05, 4.69) is 6.58 Å². The summed E-state index contributed by atoms with van der Waals surface area (Å²) in [4.78, 5) is 11.9. The Morgan fingerprint density at radius 1 is 1.14 bits per heavy atom. The molecule has 0 aliphatic heterocycles. The predicted octanol–water partition coefficient (Wildman–Crippen LogP) is 2.38. The van der Waals surface area contributed by atoms with E-state index in [1.807, 2.05) is 0 Å². The van der Waals surface area contributed by atoms with Crippen LogP contribution in [0, 0.1) is 0 Å². The number of benzene rings is 1. The standard InChI is InChI=1S/C15H16O6/c1-5-6-20-9-7-10(17-2)12-11(8-9)21-15(16)14(19-4)13(12)18-3/h5,7-8H,1,6H2,2-4H3. The van der Waals surface area contributed by atoms with Crippen LogP contribution in [0.1, 0.15) is 0 Å². The number of fused-ring (bicyclic) bond motifs is 1. The van der Waals surface area contributed by atoms with Crippen molar-refractivity contribution < 1.29 is 23.4 Å². The first-order valence-corrected chi connectivity index (χ1v) is 6.16. The first kappa shape index (κ1) is 14.8. The molecule has 0 unspecified atom stereocenters. The summed E-state index contributed by atoms with van der Waals surface area (Å²) < 4.78 is 26.3. The Bertz CT molecular complexity index is 716. The minimum Gasteiger partial charge on any atom is -0.496 e. The zero-order valence-electron chi connectivity index (χ0n) is 12.1. The normalized spacial score (nSPS) is 10.2. The third-order valence-electron chi connectivity index (χ3n) is 2.86. The van der Waals surface area contributed by atoms with Crippen LogP contribution in [-0.2, 0) is 0 Å². The molecule has 0 N–H and O–H groups in total. The Labute approximate surface area is 121 Å². The maximum Gasteiger partial charge on any atom is 0.383 e. The van der Waals surface area contributed by atoms with Gasteiger partial charge in [0, 0.05) is 12.1 Å². The first-order valence-electron chi connectivity index (χ1n) is 6.16. The number of hydrogen-bond donors (Lipinski definition) is 0. The fourth-order valence-corrected chi connectivity index (χ4v) is 1.99. The average molecular weight is 292 g/mol. The van der Waals surface area contributed by atoms with Crippen LogP contribution in [0.4, 0.5) is 0 Å². The van der Waals surface area contributed by atoms with Gasteiger partial charge in [-0.1, -0.05) is 12.7 Å². The molecule has 0 spiro atoms. The van der Waals surface area contributed by atoms with Gasteiger partial charge in [-0.2, -0.15) is 0 Å². The topological polar surface area (TPSA) is 67.1 Å². The molecule has 0 amide bonds. The second kappa shape index (κ2) is 6.21. The molecular weight excluding hydrogens is 276 g/mol. The molecule has 0 aliphatic rings. The van der Waals surface area contributed by atoms with Crippen molar-refractivity contribution in [2.45, 2.75) is 0 Å². The molecule has 2 rings (SSSR count). The van der Waals surface area contributed by atoms with E-state index in [4.69, 9.17) is 23.4 Å². The van der Waals surface area contributed by atoms with Gasteiger partial charge >= 0.3 is 5.63 Å². The first-order chi connectivity index (χ1) is 10.2. The largest absolute Gasteiger partial charge is 0.496 e. The van der Waals surface area contributed by atoms with E-state index in [0.29, 0.717) is 23.5 Å². The van der Waals surface area contributed by atoms with Gasteiger partial charge in [-0.15, -0.1) is 0 Å². The molecule has 6 heteroatoms. The van der Waals surface area contributed by atoms with E-state index in [-0.39, 0.29) is 17.1 Å². The van der Waals surface area contributed by atoms with E-state index in [1.54, 1.807) is 18.2 Å². The van der Waals surface area contributed by atoms with Crippen LogP contribution in [-0.4, -0.2) is 27.9 Å². The van der Waals surface area contributed by atoms with Gasteiger partial charge in [-0.25, -0.2) is 4.79 Å². The summed E-state index contributed by atoms with van der Waals surface area (Å²) >= 11 is 0. The zero-order valence-corrected chi connectivity index (χ0v) is 12.1. The van der Waals surface area contributed by atoms with Crippen LogP contribution >= 0.6 is 0 Å². The monoisotopic (exact) mass is 292 g/mol. The van der Waals surface area contributed by atoms with Crippen LogP contribution in [0.2, 0.25) is 0 Å². The summed E-state index contributed by atoms with van der Waals surface area (Å²) in [5, 5.41) is 0.502. The van der Waals surface area contributed by atoms with Crippen molar-refractivity contribution in [3.05, 3.63) is 35.2 Å². The minimum atomic E-state index is -0.634. The van der Waals surface area contributed by atoms with Crippen LogP contribution in [0.5, 0.6) is 23.0 Å². The highest BCUT2D eigenvalue weighted by atomic mass is 16.5. The van der Waals surface area contributed by atoms with Gasteiger partial charge in [-0.05, 0) is 0 Å². The van der Waals surface area contributed by atoms with E-state index in [0.717, 1.165) is 0 Å². The van der Waals surface area contributed by atoms with Gasteiger partial charge in [0.25, 0.3) is 0 Å². The lowest BCUT2D eigenvalue weighted by molar-refractivity contribution is 0.333. The number of methoxy groups -OCH3 is 3. The van der Waals surface area contributed by atoms with Crippen molar-refractivity contribution in [1.82, 2.24) is 0 Å². The third-order valence-corrected chi connectivity index (χ3v) is 2.86. The molecule has 2 aromatic rings. The second-order valence-corrected chi connectivity index (χ2v) is 4.05. The van der Waals surface area contributed by atoms with Gasteiger partial charge in [0.2, 0.25) is 5.75 Å². The van der Waals surface area contributed by atoms with Crippen molar-refractivity contribution in [1.29, 1.82) is 0 Å². The Balaban J connectivity index is 2.77. The van der Waals surface area contributed by atoms with Crippen molar-refractivity contribution in [2.75, 3.05) is 27.9 Å². The predicted molar refractivity (Wildman–Crippen MR) is 77.8 cm³/mol. The van der Waals surface area contributed by atoms with Crippen LogP contribution < -0.4 is 24.6 Å². The summed E-state index contributed by atoms with van der Waals surface area (Å²) in [6.07, 6.45) is 1.61. The van der Waals surface area contributed by atoms with Crippen molar-refractivity contribution in [3.63, 3.8) is 0 Å². The summed E-state index contributed by atoms with van der Waals surface area (Å²) in [6.45, 7) is 3.90. The molecule has 21 heavy (non-hydrogen) atoms. The number of rotatable bonds is 6. The highest BCUT2D eigenvalue weighted by Gasteiger charge is 2.20. The lowest BCUT2D eigenvalue weighted by atomic mass is 10.2. The smallest absolute Gasteiger partial charge is 0.383 e. The maximum atomic E-state index is 11.9. The Hall–Kier alpha value is -2.63. The molecule has 0 aliphatic carbocycles. The molecule has 1 aromatic carbocycles. The minimum absolute atomic E-state index is 0.0111. The molecule has 0 saturated carbocycles. The number of hydrogen-bond acceptors (Lipinski definition) is 6. The summed E-state index contributed by atoms with van der Waals surface area (Å²) in [7, 11) is 4.32. The molecule has 0 saturated heterocycles. The fourth-order valence-electron chi connectivity index (χ4n) is 1.99. The summed E-state index contributed by atoms with van der Waals surface area (Å²) in [5.74, 6) is 1.19. The summed E-state index contributed by atoms with van der Waals surface area (Å²) in [6, 6.07) is 3.26. The molecule has 0 fully saturated rings. The highest BCUT2D eigenvalue weighted by Crippen LogP contribution is 2.40. The van der Waals surface area contributed by atoms with Crippen molar-refractivity contribution in [3.8, 4) is 23.0 Å². The average Bonchev–Trinajstić information content (AvgIpc) is 2.50. The van der Waals surface area contributed by atoms with Crippen LogP contribution in [0.3, 0.4) is 0 Å². The molecule has 6 nitrogen and oxygen atoms in total. The maximum absolute atomic E-state index is 11.9. The molecule has 0 radical (unpaired) electrons. The van der Waals surface area contributed by atoms with Gasteiger partial charge in [0.1, 0.15) is 29.1 Å². The summed E-state index contributed by atoms with van der Waals surface area (Å²) in [5.41, 5.74) is -0.346. The van der Waals surface area contributed by atoms with Gasteiger partial charge < -0.3 is 23.4 Å². The Morgan fingerprint density at radius 2 is 1.86 bits per heavy atom. The van der Waals surface area contributed by atoms with Gasteiger partial charge in [-0.3, -0.25) is 0 Å². The quantitative estimate of drug-likeness (QED) is 0.601. The number of ether oxygens (including phenoxy) is 4. The van der Waals surface area contributed by atoms with E-state index in [9.17, 15) is 4.79 Å². The van der Waals surface area contributed by atoms with Crippen molar-refractivity contribution in [2.24, 2.45) is 0 Å². The van der Waals surface area contributed by atoms with E-state index >= 15 is 0 Å². The lowest BCUT2D eigenvalue weighted by Crippen LogP contribution is -2.07. The highest BCUT2D eigenvalue weighted by molar-refractivity contribution is 5.92. The third kappa shape index (κ3) is 2.65. The Kier molecular flexibility index (Phi) is 4.37.